The lowest BCUT2D eigenvalue weighted by Crippen LogP contribution is -2.07. The topological polar surface area (TPSA) is 30.7 Å². The number of hydrogen-bond acceptors (Lipinski definition) is 2. The molecule has 90 valence electrons. The van der Waals surface area contributed by atoms with E-state index in [1.54, 1.807) is 0 Å². The highest BCUT2D eigenvalue weighted by Crippen LogP contribution is 2.33. The zero-order valence-corrected chi connectivity index (χ0v) is 10.6. The monoisotopic (exact) mass is 229 g/mol. The van der Waals surface area contributed by atoms with Crippen molar-refractivity contribution in [1.29, 1.82) is 0 Å². The van der Waals surface area contributed by atoms with Gasteiger partial charge < -0.3 is 0 Å². The summed E-state index contributed by atoms with van der Waals surface area (Å²) in [6.07, 6.45) is 7.04. The van der Waals surface area contributed by atoms with Gasteiger partial charge in [0.15, 0.2) is 5.65 Å². The van der Waals surface area contributed by atoms with Crippen LogP contribution in [0.4, 0.5) is 0 Å². The van der Waals surface area contributed by atoms with Gasteiger partial charge in [-0.1, -0.05) is 26.7 Å². The van der Waals surface area contributed by atoms with Crippen molar-refractivity contribution in [2.45, 2.75) is 51.5 Å². The SMILES string of the molecule is CC(C)c1nn(C2CCCC2)c2ncccc12. The van der Waals surface area contributed by atoms with Gasteiger partial charge in [0.1, 0.15) is 0 Å². The quantitative estimate of drug-likeness (QED) is 0.786. The van der Waals surface area contributed by atoms with Gasteiger partial charge in [-0.25, -0.2) is 9.67 Å². The summed E-state index contributed by atoms with van der Waals surface area (Å²) >= 11 is 0. The standard InChI is InChI=1S/C14H19N3/c1-10(2)13-12-8-5-9-15-14(12)17(16-13)11-6-3-4-7-11/h5,8-11H,3-4,6-7H2,1-2H3. The predicted octanol–water partition coefficient (Wildman–Crippen LogP) is 3.67. The molecule has 0 amide bonds. The highest BCUT2D eigenvalue weighted by Gasteiger charge is 2.22. The van der Waals surface area contributed by atoms with Crippen molar-refractivity contribution in [3.05, 3.63) is 24.0 Å². The number of rotatable bonds is 2. The van der Waals surface area contributed by atoms with Crippen molar-refractivity contribution >= 4 is 11.0 Å². The molecule has 3 nitrogen and oxygen atoms in total. The second-order valence-electron chi connectivity index (χ2n) is 5.30. The summed E-state index contributed by atoms with van der Waals surface area (Å²) < 4.78 is 2.18. The lowest BCUT2D eigenvalue weighted by Gasteiger charge is -2.10. The molecule has 0 radical (unpaired) electrons. The minimum absolute atomic E-state index is 0.462. The average molecular weight is 229 g/mol. The summed E-state index contributed by atoms with van der Waals surface area (Å²) in [4.78, 5) is 4.53. The Balaban J connectivity index is 2.17. The van der Waals surface area contributed by atoms with Crippen LogP contribution in [0, 0.1) is 0 Å². The maximum Gasteiger partial charge on any atom is 0.158 e. The molecule has 2 aromatic rings. The molecule has 0 unspecified atom stereocenters. The van der Waals surface area contributed by atoms with Gasteiger partial charge in [0.05, 0.1) is 11.7 Å². The van der Waals surface area contributed by atoms with E-state index in [0.29, 0.717) is 12.0 Å². The van der Waals surface area contributed by atoms with E-state index in [1.807, 2.05) is 12.3 Å². The van der Waals surface area contributed by atoms with Crippen LogP contribution in [0.5, 0.6) is 0 Å². The van der Waals surface area contributed by atoms with Gasteiger partial charge in [-0.3, -0.25) is 0 Å². The number of pyridine rings is 1. The smallest absolute Gasteiger partial charge is 0.158 e. The maximum absolute atomic E-state index is 4.82. The third-order valence-electron chi connectivity index (χ3n) is 3.71. The number of nitrogens with zero attached hydrogens (tertiary/aromatic N) is 3. The van der Waals surface area contributed by atoms with Crippen LogP contribution >= 0.6 is 0 Å². The van der Waals surface area contributed by atoms with Crippen molar-refractivity contribution in [1.82, 2.24) is 14.8 Å². The molecule has 3 heteroatoms. The van der Waals surface area contributed by atoms with Gasteiger partial charge in [-0.05, 0) is 30.9 Å². The minimum Gasteiger partial charge on any atom is -0.244 e. The lowest BCUT2D eigenvalue weighted by molar-refractivity contribution is 0.472. The Hall–Kier alpha value is -1.38. The van der Waals surface area contributed by atoms with Crippen molar-refractivity contribution in [2.75, 3.05) is 0 Å². The van der Waals surface area contributed by atoms with E-state index < -0.39 is 0 Å². The molecular formula is C14H19N3. The van der Waals surface area contributed by atoms with Crippen LogP contribution in [0.15, 0.2) is 18.3 Å². The Labute approximate surface area is 102 Å². The second-order valence-corrected chi connectivity index (χ2v) is 5.30. The molecular weight excluding hydrogens is 210 g/mol. The van der Waals surface area contributed by atoms with Crippen LogP contribution in [0.25, 0.3) is 11.0 Å². The van der Waals surface area contributed by atoms with Gasteiger partial charge in [-0.2, -0.15) is 5.10 Å². The lowest BCUT2D eigenvalue weighted by atomic mass is 10.1. The summed E-state index contributed by atoms with van der Waals surface area (Å²) in [6, 6.07) is 4.73. The molecule has 0 saturated heterocycles. The highest BCUT2D eigenvalue weighted by molar-refractivity contribution is 5.78. The molecule has 0 aliphatic heterocycles. The first-order chi connectivity index (χ1) is 8.27. The average Bonchev–Trinajstić information content (AvgIpc) is 2.95. The van der Waals surface area contributed by atoms with Crippen molar-refractivity contribution in [3.63, 3.8) is 0 Å². The molecule has 2 aromatic heterocycles. The Morgan fingerprint density at radius 3 is 2.76 bits per heavy atom. The first-order valence-corrected chi connectivity index (χ1v) is 6.60. The molecule has 0 atom stereocenters. The van der Waals surface area contributed by atoms with Crippen molar-refractivity contribution in [2.24, 2.45) is 0 Å². The minimum atomic E-state index is 0.462. The summed E-state index contributed by atoms with van der Waals surface area (Å²) in [5.74, 6) is 0.462. The molecule has 0 N–H and O–H groups in total. The molecule has 0 bridgehead atoms. The number of aromatic nitrogens is 3. The fourth-order valence-electron chi connectivity index (χ4n) is 2.83. The van der Waals surface area contributed by atoms with E-state index in [4.69, 9.17) is 5.10 Å². The first kappa shape index (κ1) is 10.8. The van der Waals surface area contributed by atoms with Crippen LogP contribution in [0.2, 0.25) is 0 Å². The molecule has 1 fully saturated rings. The van der Waals surface area contributed by atoms with E-state index in [-0.39, 0.29) is 0 Å². The van der Waals surface area contributed by atoms with Crippen LogP contribution in [-0.2, 0) is 0 Å². The highest BCUT2D eigenvalue weighted by atomic mass is 15.3. The van der Waals surface area contributed by atoms with Crippen molar-refractivity contribution in [3.8, 4) is 0 Å². The van der Waals surface area contributed by atoms with Crippen LogP contribution in [0.1, 0.15) is 57.2 Å². The summed E-state index contributed by atoms with van der Waals surface area (Å²) in [5, 5.41) is 6.06. The Bertz CT molecular complexity index is 521. The third-order valence-corrected chi connectivity index (χ3v) is 3.71. The molecule has 0 aromatic carbocycles. The molecule has 1 aliphatic carbocycles. The first-order valence-electron chi connectivity index (χ1n) is 6.60. The zero-order chi connectivity index (χ0) is 11.8. The molecule has 0 spiro atoms. The molecule has 1 aliphatic rings. The Morgan fingerprint density at radius 1 is 1.29 bits per heavy atom. The predicted molar refractivity (Wildman–Crippen MR) is 69.1 cm³/mol. The second kappa shape index (κ2) is 4.13. The fourth-order valence-corrected chi connectivity index (χ4v) is 2.83. The normalized spacial score (nSPS) is 17.4. The summed E-state index contributed by atoms with van der Waals surface area (Å²) in [7, 11) is 0. The van der Waals surface area contributed by atoms with Gasteiger partial charge >= 0.3 is 0 Å². The number of fused-ring (bicyclic) bond motifs is 1. The van der Waals surface area contributed by atoms with Gasteiger partial charge in [0.25, 0.3) is 0 Å². The van der Waals surface area contributed by atoms with E-state index in [1.165, 1.54) is 36.8 Å². The maximum atomic E-state index is 4.82. The summed E-state index contributed by atoms with van der Waals surface area (Å²) in [6.45, 7) is 4.40. The molecule has 2 heterocycles. The third kappa shape index (κ3) is 1.74. The summed E-state index contributed by atoms with van der Waals surface area (Å²) in [5.41, 5.74) is 2.27. The molecule has 1 saturated carbocycles. The van der Waals surface area contributed by atoms with Crippen LogP contribution in [0.3, 0.4) is 0 Å². The van der Waals surface area contributed by atoms with Crippen LogP contribution < -0.4 is 0 Å². The van der Waals surface area contributed by atoms with E-state index in [2.05, 4.69) is 29.6 Å². The number of hydrogen-bond donors (Lipinski definition) is 0. The van der Waals surface area contributed by atoms with Crippen molar-refractivity contribution < 1.29 is 0 Å². The van der Waals surface area contributed by atoms with Gasteiger partial charge in [0.2, 0.25) is 0 Å². The van der Waals surface area contributed by atoms with E-state index >= 15 is 0 Å². The Morgan fingerprint density at radius 2 is 2.06 bits per heavy atom. The van der Waals surface area contributed by atoms with Gasteiger partial charge in [-0.15, -0.1) is 0 Å². The van der Waals surface area contributed by atoms with E-state index in [0.717, 1.165) is 5.65 Å². The van der Waals surface area contributed by atoms with Gasteiger partial charge in [0, 0.05) is 11.6 Å². The zero-order valence-electron chi connectivity index (χ0n) is 10.6. The van der Waals surface area contributed by atoms with E-state index in [9.17, 15) is 0 Å². The Kier molecular flexibility index (Phi) is 2.61. The molecule has 3 rings (SSSR count). The fraction of sp³-hybridized carbons (Fsp3) is 0.571. The molecule has 17 heavy (non-hydrogen) atoms. The largest absolute Gasteiger partial charge is 0.244 e. The van der Waals surface area contributed by atoms with Crippen LogP contribution in [-0.4, -0.2) is 14.8 Å².